The van der Waals surface area contributed by atoms with Crippen LogP contribution in [0.3, 0.4) is 0 Å². The lowest BCUT2D eigenvalue weighted by molar-refractivity contribution is -0.119. The second kappa shape index (κ2) is 50.0. The van der Waals surface area contributed by atoms with E-state index < -0.39 is 0 Å². The van der Waals surface area contributed by atoms with Crippen molar-refractivity contribution in [3.05, 3.63) is 328 Å². The third-order valence-corrected chi connectivity index (χ3v) is 33.8. The van der Waals surface area contributed by atoms with Crippen LogP contribution >= 0.6 is 0 Å². The fraction of sp³-hybridized carbons (Fsp3) is 0.524. The Bertz CT molecular complexity index is 4310. The fourth-order valence-corrected chi connectivity index (χ4v) is 28.3. The van der Waals surface area contributed by atoms with Crippen LogP contribution in [0.4, 0.5) is 0 Å². The van der Waals surface area contributed by atoms with Gasteiger partial charge < -0.3 is 0 Å². The summed E-state index contributed by atoms with van der Waals surface area (Å²) in [4.78, 5) is 77.1. The molecule has 0 aromatic carbocycles. The summed E-state index contributed by atoms with van der Waals surface area (Å²) in [6, 6.07) is 0. The Morgan fingerprint density at radius 2 is 0.402 bits per heavy atom. The van der Waals surface area contributed by atoms with Gasteiger partial charge in [-0.2, -0.15) is 0 Å². The lowest BCUT2D eigenvalue weighted by atomic mass is 9.79. The van der Waals surface area contributed by atoms with E-state index in [4.69, 9.17) is 0 Å². The van der Waals surface area contributed by atoms with E-state index in [0.29, 0.717) is 177 Å². The predicted molar refractivity (Wildman–Crippen MR) is 554 cm³/mol. The molecule has 702 valence electrons. The van der Waals surface area contributed by atoms with Gasteiger partial charge in [-0.05, 0) is 330 Å². The van der Waals surface area contributed by atoms with Gasteiger partial charge in [0.1, 0.15) is 0 Å². The third-order valence-electron chi connectivity index (χ3n) is 33.8. The van der Waals surface area contributed by atoms with Crippen molar-refractivity contribution in [1.29, 1.82) is 0 Å². The molecule has 12 fully saturated rings. The average molecular weight is 1770 g/mol. The predicted octanol–water partition coefficient (Wildman–Crippen LogP) is 30.9. The lowest BCUT2D eigenvalue weighted by Gasteiger charge is -2.23. The minimum Gasteiger partial charge on any atom is -0.294 e. The smallest absolute Gasteiger partial charge is 0.163 e. The van der Waals surface area contributed by atoms with Gasteiger partial charge in [-0.1, -0.05) is 335 Å². The lowest BCUT2D eigenvalue weighted by Crippen LogP contribution is -2.21. The van der Waals surface area contributed by atoms with Crippen LogP contribution in [0.25, 0.3) is 0 Å². The maximum Gasteiger partial charge on any atom is 0.163 e. The molecule has 0 N–H and O–H groups in total. The van der Waals surface area contributed by atoms with E-state index in [9.17, 15) is 28.8 Å². The van der Waals surface area contributed by atoms with Crippen LogP contribution < -0.4 is 0 Å². The van der Waals surface area contributed by atoms with Crippen molar-refractivity contribution in [2.75, 3.05) is 0 Å². The monoisotopic (exact) mass is 1770 g/mol. The van der Waals surface area contributed by atoms with E-state index in [0.717, 1.165) is 130 Å². The first-order valence-electron chi connectivity index (χ1n) is 52.8. The molecule has 18 rings (SSSR count). The highest BCUT2D eigenvalue weighted by Crippen LogP contribution is 2.65. The summed E-state index contributed by atoms with van der Waals surface area (Å²) in [5, 5.41) is 0. The normalized spacial score (nSPS) is 37.8. The van der Waals surface area contributed by atoms with E-state index in [1.807, 2.05) is 36.5 Å². The molecule has 0 radical (unpaired) electrons. The fourth-order valence-electron chi connectivity index (χ4n) is 28.3. The minimum absolute atomic E-state index is 0.250. The van der Waals surface area contributed by atoms with Gasteiger partial charge in [0.2, 0.25) is 0 Å². The number of carbonyl (C=O) groups excluding carboxylic acids is 6. The summed E-state index contributed by atoms with van der Waals surface area (Å²) in [6.07, 6.45) is 125. The number of carbonyl (C=O) groups is 6. The molecule has 0 aromatic heterocycles. The van der Waals surface area contributed by atoms with E-state index in [1.54, 1.807) is 0 Å². The molecule has 12 bridgehead atoms. The van der Waals surface area contributed by atoms with Crippen LogP contribution in [0.2, 0.25) is 0 Å². The topological polar surface area (TPSA) is 102 Å². The van der Waals surface area contributed by atoms with Crippen LogP contribution in [0, 0.1) is 178 Å². The van der Waals surface area contributed by atoms with Gasteiger partial charge in [-0.3, -0.25) is 28.8 Å². The van der Waals surface area contributed by atoms with E-state index in [-0.39, 0.29) is 35.5 Å². The van der Waals surface area contributed by atoms with Gasteiger partial charge in [-0.15, -0.1) is 39.5 Å². The average Bonchev–Trinajstić information content (AvgIpc) is 1.61. The van der Waals surface area contributed by atoms with Crippen molar-refractivity contribution in [2.45, 2.75) is 234 Å². The quantitative estimate of drug-likeness (QED) is 0.0345. The standard InChI is InChI=1S/3C21H28O.3C21H26O/c6*1-3-5-6-7-8-9-11-18-17(10-4-2)19-15-12-13-16(14-15)20(19)21(18)22/h3*4,8-9,11-13,15-17,19-20H,2-3,5-7,10,14H2,1H3;3*4-6,8-9,11-13,15-17,19-20H,2-3,7,10,14H2,1H3/b3*9-8+,18-11+;3*6-5-,9-8+,18-11+/t2*15-,16+,17-,19+,20+;;15?,16?,17-,19?,20?;2*15-,16+,17-,19+,20+/m10.110/s1. The Kier molecular flexibility index (Phi) is 38.1. The minimum atomic E-state index is 0.250. The molecule has 30 atom stereocenters. The Morgan fingerprint density at radius 3 is 0.568 bits per heavy atom. The van der Waals surface area contributed by atoms with Crippen LogP contribution in [-0.2, 0) is 28.8 Å². The Hall–Kier alpha value is -9.00. The van der Waals surface area contributed by atoms with Gasteiger partial charge in [0.25, 0.3) is 0 Å². The molecular weight excluding hydrogens is 1610 g/mol. The SMILES string of the molecule is C=CCC1/C(=C\C=C\CCCCC)C(=O)C2C3C=CC(C3)C12.C=CC[C@@H]1/C(=C\C=C\C/C=C\CC)C(=O)C2C3C=CC(C3)C21.C=CC[C@@H]1/C(=C\C=C\C/C=C\CC)C(=O)[C@@H]2[C@H]1[C@@H]1C=C[C@H]2C1.C=CC[C@@H]1/C(=C\C=C\CCCCC)C(=O)[C@@H]2[C@H]1[C@@H]1C=C[C@H]2C1.C=CC[C@H]1/C(=C\C=C\C/C=C\CC)C(=O)[C@H]2[C@@H]1[C@H]1C=C[C@@H]2C1.C=CC[C@H]1/C(=C\C=C\CCCCC)C(=O)[C@H]2[C@@H]1[C@H]1C=C[C@@H]2C1. The van der Waals surface area contributed by atoms with Gasteiger partial charge >= 0.3 is 0 Å². The van der Waals surface area contributed by atoms with Crippen LogP contribution in [-0.4, -0.2) is 34.7 Å². The molecule has 9 unspecified atom stereocenters. The second-order valence-electron chi connectivity index (χ2n) is 41.4. The van der Waals surface area contributed by atoms with Crippen LogP contribution in [0.1, 0.15) is 234 Å². The first-order valence-corrected chi connectivity index (χ1v) is 52.8. The number of allylic oxidation sites excluding steroid dienone is 48. The molecule has 18 aliphatic rings. The van der Waals surface area contributed by atoms with Crippen molar-refractivity contribution in [1.82, 2.24) is 0 Å². The summed E-state index contributed by atoms with van der Waals surface area (Å²) in [7, 11) is 0. The summed E-state index contributed by atoms with van der Waals surface area (Å²) >= 11 is 0. The number of fused-ring (bicyclic) bond motifs is 30. The van der Waals surface area contributed by atoms with Gasteiger partial charge in [0.15, 0.2) is 34.7 Å². The van der Waals surface area contributed by atoms with Crippen molar-refractivity contribution >= 4 is 34.7 Å². The van der Waals surface area contributed by atoms with Gasteiger partial charge in [0.05, 0.1) is 0 Å². The molecule has 132 heavy (non-hydrogen) atoms. The number of rotatable bonds is 39. The molecule has 18 aliphatic carbocycles. The number of unbranched alkanes of at least 4 members (excludes halogenated alkanes) is 9. The zero-order chi connectivity index (χ0) is 93.2. The van der Waals surface area contributed by atoms with Crippen molar-refractivity contribution < 1.29 is 28.8 Å². The molecule has 0 aromatic rings. The summed E-state index contributed by atoms with van der Waals surface area (Å²) < 4.78 is 0. The Morgan fingerprint density at radius 1 is 0.227 bits per heavy atom. The van der Waals surface area contributed by atoms with Crippen molar-refractivity contribution in [3.63, 3.8) is 0 Å². The summed E-state index contributed by atoms with van der Waals surface area (Å²) in [5.74, 6) is 16.3. The number of ketones is 6. The highest BCUT2D eigenvalue weighted by molar-refractivity contribution is 6.05. The van der Waals surface area contributed by atoms with E-state index >= 15 is 0 Å². The first-order chi connectivity index (χ1) is 64.6. The maximum atomic E-state index is 12.9. The van der Waals surface area contributed by atoms with E-state index in [2.05, 4.69) is 300 Å². The first kappa shape index (κ1) is 100. The van der Waals surface area contributed by atoms with Gasteiger partial charge in [-0.25, -0.2) is 0 Å². The van der Waals surface area contributed by atoms with Crippen LogP contribution in [0.15, 0.2) is 328 Å². The molecule has 6 nitrogen and oxygen atoms in total. The Balaban J connectivity index is 0.000000135. The summed E-state index contributed by atoms with van der Waals surface area (Å²) in [6.45, 7) is 36.6. The second-order valence-corrected chi connectivity index (χ2v) is 41.4. The number of hydrogen-bond acceptors (Lipinski definition) is 6. The molecular formula is C126H162O6. The number of hydrogen-bond donors (Lipinski definition) is 0. The van der Waals surface area contributed by atoms with Crippen molar-refractivity contribution in [2.24, 2.45) is 178 Å². The van der Waals surface area contributed by atoms with Crippen LogP contribution in [0.5, 0.6) is 0 Å². The van der Waals surface area contributed by atoms with Gasteiger partial charge in [0, 0.05) is 35.5 Å². The molecule has 6 heteroatoms. The zero-order valence-corrected chi connectivity index (χ0v) is 81.5. The number of Topliss-reactive ketones (excluding diaryl/α,β-unsaturated/α-hetero) is 6. The molecule has 0 heterocycles. The van der Waals surface area contributed by atoms with Crippen molar-refractivity contribution in [3.8, 4) is 0 Å². The molecule has 0 saturated heterocycles. The van der Waals surface area contributed by atoms with E-state index in [1.165, 1.54) is 96.3 Å². The molecule has 12 saturated carbocycles. The highest BCUT2D eigenvalue weighted by Gasteiger charge is 2.63. The highest BCUT2D eigenvalue weighted by atomic mass is 16.1. The zero-order valence-electron chi connectivity index (χ0n) is 81.5. The summed E-state index contributed by atoms with van der Waals surface area (Å²) in [5.41, 5.74) is 6.34. The Labute approximate surface area is 798 Å². The third kappa shape index (κ3) is 22.4. The largest absolute Gasteiger partial charge is 0.294 e. The maximum absolute atomic E-state index is 12.9. The molecule has 0 aliphatic heterocycles. The molecule has 0 amide bonds. The molecule has 0 spiro atoms.